The summed E-state index contributed by atoms with van der Waals surface area (Å²) in [4.78, 5) is 26.5. The Morgan fingerprint density at radius 3 is 2.19 bits per heavy atom. The first-order chi connectivity index (χ1) is 12.4. The number of allylic oxidation sites excluding steroid dienone is 1. The number of ketones is 2. The van der Waals surface area contributed by atoms with Crippen LogP contribution >= 0.6 is 23.2 Å². The number of carbonyl (C=O) groups excluding carboxylic acids is 2. The van der Waals surface area contributed by atoms with Crippen LogP contribution in [-0.2, 0) is 10.3 Å². The summed E-state index contributed by atoms with van der Waals surface area (Å²) in [5.74, 6) is -0.423. The lowest BCUT2D eigenvalue weighted by atomic mass is 9.71. The topological polar surface area (TPSA) is 46.7 Å². The molecule has 2 aliphatic rings. The molecule has 26 heavy (non-hydrogen) atoms. The van der Waals surface area contributed by atoms with E-state index in [1.165, 1.54) is 0 Å². The third-order valence-corrected chi connectivity index (χ3v) is 5.58. The average molecular weight is 387 g/mol. The number of halogens is 2. The van der Waals surface area contributed by atoms with Gasteiger partial charge < -0.3 is 4.74 Å². The van der Waals surface area contributed by atoms with E-state index in [0.717, 1.165) is 5.56 Å². The lowest BCUT2D eigenvalue weighted by Crippen LogP contribution is -2.38. The maximum Gasteiger partial charge on any atom is 0.177 e. The minimum atomic E-state index is -1.29. The number of rotatable bonds is 5. The quantitative estimate of drug-likeness (QED) is 0.526. The van der Waals surface area contributed by atoms with Crippen molar-refractivity contribution in [3.8, 4) is 0 Å². The fourth-order valence-corrected chi connectivity index (χ4v) is 4.34. The van der Waals surface area contributed by atoms with Crippen LogP contribution in [0.3, 0.4) is 0 Å². The molecule has 1 aliphatic heterocycles. The summed E-state index contributed by atoms with van der Waals surface area (Å²) < 4.78 is 5.77. The third-order valence-electron chi connectivity index (χ3n) is 5.21. The minimum absolute atomic E-state index is 0.0899. The molecule has 1 heterocycles. The molecule has 3 nitrogen and oxygen atoms in total. The number of fused-ring (bicyclic) bond motifs is 1. The number of carbonyl (C=O) groups is 2. The fraction of sp³-hybridized carbons (Fsp3) is 0.238. The third kappa shape index (κ3) is 2.62. The van der Waals surface area contributed by atoms with E-state index in [0.29, 0.717) is 22.8 Å². The first-order valence-electron chi connectivity index (χ1n) is 8.30. The summed E-state index contributed by atoms with van der Waals surface area (Å²) in [5, 5.41) is 0.863. The number of ether oxygens (including phenoxy) is 1. The molecule has 5 heteroatoms. The van der Waals surface area contributed by atoms with Gasteiger partial charge in [-0.05, 0) is 17.7 Å². The molecule has 132 valence electrons. The molecule has 0 saturated carbocycles. The smallest absolute Gasteiger partial charge is 0.177 e. The standard InChI is InChI=1S/C21H16Cl2O3/c1-13(22)10-20(18(24)16-7-2-3-8-17(16)19(20)25)11-21(12-26-21)14-5-4-6-15(23)9-14/h2-9H,1,10-12H2. The Hall–Kier alpha value is -1.94. The van der Waals surface area contributed by atoms with Gasteiger partial charge in [-0.25, -0.2) is 0 Å². The van der Waals surface area contributed by atoms with Gasteiger partial charge in [0, 0.05) is 34.0 Å². The van der Waals surface area contributed by atoms with Gasteiger partial charge in [-0.2, -0.15) is 0 Å². The predicted molar refractivity (Wildman–Crippen MR) is 101 cm³/mol. The highest BCUT2D eigenvalue weighted by Crippen LogP contribution is 2.54. The van der Waals surface area contributed by atoms with Crippen molar-refractivity contribution in [1.82, 2.24) is 0 Å². The molecule has 2 aromatic rings. The van der Waals surface area contributed by atoms with Crippen molar-refractivity contribution in [3.05, 3.63) is 81.9 Å². The predicted octanol–water partition coefficient (Wildman–Crippen LogP) is 5.16. The van der Waals surface area contributed by atoms with Crippen LogP contribution in [0, 0.1) is 5.41 Å². The lowest BCUT2D eigenvalue weighted by molar-refractivity contribution is 0.0628. The number of benzene rings is 2. The zero-order valence-corrected chi connectivity index (χ0v) is 15.4. The van der Waals surface area contributed by atoms with Crippen molar-refractivity contribution in [2.24, 2.45) is 5.41 Å². The van der Waals surface area contributed by atoms with Gasteiger partial charge in [0.25, 0.3) is 0 Å². The second-order valence-electron chi connectivity index (χ2n) is 6.95. The molecule has 0 amide bonds. The van der Waals surface area contributed by atoms with Crippen LogP contribution in [0.4, 0.5) is 0 Å². The van der Waals surface area contributed by atoms with Crippen molar-refractivity contribution in [2.45, 2.75) is 18.4 Å². The molecule has 1 atom stereocenters. The maximum absolute atomic E-state index is 13.3. The molecular formula is C21H16Cl2O3. The van der Waals surface area contributed by atoms with Gasteiger partial charge in [-0.3, -0.25) is 9.59 Å². The molecule has 0 aromatic heterocycles. The van der Waals surface area contributed by atoms with E-state index in [1.807, 2.05) is 18.2 Å². The van der Waals surface area contributed by atoms with E-state index in [-0.39, 0.29) is 29.4 Å². The largest absolute Gasteiger partial charge is 0.364 e. The van der Waals surface area contributed by atoms with E-state index in [4.69, 9.17) is 27.9 Å². The van der Waals surface area contributed by atoms with Crippen molar-refractivity contribution in [1.29, 1.82) is 0 Å². The van der Waals surface area contributed by atoms with Crippen LogP contribution in [0.25, 0.3) is 0 Å². The maximum atomic E-state index is 13.3. The second-order valence-corrected chi connectivity index (χ2v) is 7.92. The number of hydrogen-bond acceptors (Lipinski definition) is 3. The number of hydrogen-bond donors (Lipinski definition) is 0. The summed E-state index contributed by atoms with van der Waals surface area (Å²) in [6.45, 7) is 4.16. The molecule has 2 aromatic carbocycles. The summed E-state index contributed by atoms with van der Waals surface area (Å²) in [7, 11) is 0. The van der Waals surface area contributed by atoms with Crippen LogP contribution in [-0.4, -0.2) is 18.2 Å². The molecule has 1 unspecified atom stereocenters. The van der Waals surface area contributed by atoms with Crippen molar-refractivity contribution in [3.63, 3.8) is 0 Å². The van der Waals surface area contributed by atoms with Crippen molar-refractivity contribution < 1.29 is 14.3 Å². The van der Waals surface area contributed by atoms with Crippen LogP contribution in [0.15, 0.2) is 60.1 Å². The number of Topliss-reactive ketones (excluding diaryl/α,β-unsaturated/α-hetero) is 2. The molecule has 1 aliphatic carbocycles. The van der Waals surface area contributed by atoms with Gasteiger partial charge in [0.1, 0.15) is 11.0 Å². The SMILES string of the molecule is C=C(Cl)CC1(CC2(c3cccc(Cl)c3)CO2)C(=O)c2ccccc2C1=O. The van der Waals surface area contributed by atoms with E-state index in [1.54, 1.807) is 30.3 Å². The van der Waals surface area contributed by atoms with Gasteiger partial charge in [-0.15, -0.1) is 0 Å². The van der Waals surface area contributed by atoms with E-state index >= 15 is 0 Å². The molecule has 0 N–H and O–H groups in total. The van der Waals surface area contributed by atoms with E-state index < -0.39 is 11.0 Å². The summed E-state index contributed by atoms with van der Waals surface area (Å²) in [6.07, 6.45) is 0.311. The average Bonchev–Trinajstić information content (AvgIpc) is 3.36. The van der Waals surface area contributed by atoms with Gasteiger partial charge in [0.05, 0.1) is 6.61 Å². The van der Waals surface area contributed by atoms with Gasteiger partial charge in [-0.1, -0.05) is 66.2 Å². The Balaban J connectivity index is 1.79. The molecule has 0 spiro atoms. The van der Waals surface area contributed by atoms with Crippen LogP contribution in [0.1, 0.15) is 39.1 Å². The highest BCUT2D eigenvalue weighted by Gasteiger charge is 2.61. The Kier molecular flexibility index (Phi) is 4.07. The lowest BCUT2D eigenvalue weighted by Gasteiger charge is -2.29. The van der Waals surface area contributed by atoms with Crippen LogP contribution in [0.2, 0.25) is 5.02 Å². The zero-order chi connectivity index (χ0) is 18.5. The minimum Gasteiger partial charge on any atom is -0.364 e. The van der Waals surface area contributed by atoms with E-state index in [2.05, 4.69) is 6.58 Å². The Morgan fingerprint density at radius 1 is 1.08 bits per heavy atom. The first kappa shape index (κ1) is 17.5. The molecule has 0 radical (unpaired) electrons. The first-order valence-corrected chi connectivity index (χ1v) is 9.05. The normalized spacial score (nSPS) is 23.0. The number of epoxide rings is 1. The fourth-order valence-electron chi connectivity index (χ4n) is 3.93. The monoisotopic (exact) mass is 386 g/mol. The van der Waals surface area contributed by atoms with Gasteiger partial charge >= 0.3 is 0 Å². The Labute approximate surface area is 161 Å². The summed E-state index contributed by atoms with van der Waals surface area (Å²) in [6, 6.07) is 14.2. The molecule has 1 saturated heterocycles. The summed E-state index contributed by atoms with van der Waals surface area (Å²) in [5.41, 5.74) is -0.248. The van der Waals surface area contributed by atoms with Gasteiger partial charge in [0.2, 0.25) is 0 Å². The molecule has 4 rings (SSSR count). The second kappa shape index (κ2) is 6.05. The molecule has 0 bridgehead atoms. The Morgan fingerprint density at radius 2 is 1.69 bits per heavy atom. The molecular weight excluding hydrogens is 371 g/mol. The van der Waals surface area contributed by atoms with Crippen molar-refractivity contribution in [2.75, 3.05) is 6.61 Å². The highest BCUT2D eigenvalue weighted by atomic mass is 35.5. The highest BCUT2D eigenvalue weighted by molar-refractivity contribution is 6.33. The van der Waals surface area contributed by atoms with Crippen LogP contribution in [0.5, 0.6) is 0 Å². The zero-order valence-electron chi connectivity index (χ0n) is 13.9. The Bertz CT molecular complexity index is 909. The molecule has 1 fully saturated rings. The van der Waals surface area contributed by atoms with Gasteiger partial charge in [0.15, 0.2) is 11.6 Å². The van der Waals surface area contributed by atoms with E-state index in [9.17, 15) is 9.59 Å². The summed E-state index contributed by atoms with van der Waals surface area (Å²) >= 11 is 12.2. The van der Waals surface area contributed by atoms with Crippen molar-refractivity contribution >= 4 is 34.8 Å². The van der Waals surface area contributed by atoms with Crippen LogP contribution < -0.4 is 0 Å².